The minimum absolute atomic E-state index is 0.343. The molecule has 0 aliphatic carbocycles. The summed E-state index contributed by atoms with van der Waals surface area (Å²) < 4.78 is 10.1. The largest absolute Gasteiger partial charge is 0.468 e. The Morgan fingerprint density at radius 3 is 2.50 bits per heavy atom. The van der Waals surface area contributed by atoms with E-state index in [1.54, 1.807) is 6.92 Å². The van der Waals surface area contributed by atoms with E-state index in [1.165, 1.54) is 13.2 Å². The fourth-order valence-electron chi connectivity index (χ4n) is 2.29. The van der Waals surface area contributed by atoms with Crippen molar-refractivity contribution in [2.45, 2.75) is 39.2 Å². The van der Waals surface area contributed by atoms with Crippen molar-refractivity contribution in [3.8, 4) is 0 Å². The molecule has 4 nitrogen and oxygen atoms in total. The van der Waals surface area contributed by atoms with Gasteiger partial charge in [-0.25, -0.2) is 4.79 Å². The van der Waals surface area contributed by atoms with Crippen LogP contribution in [-0.2, 0) is 19.1 Å². The molecule has 1 atom stereocenters. The lowest BCUT2D eigenvalue weighted by Crippen LogP contribution is -2.48. The maximum absolute atomic E-state index is 11.8. The van der Waals surface area contributed by atoms with E-state index in [4.69, 9.17) is 9.47 Å². The third kappa shape index (κ3) is 1.96. The van der Waals surface area contributed by atoms with Gasteiger partial charge in [0.25, 0.3) is 0 Å². The van der Waals surface area contributed by atoms with Crippen molar-refractivity contribution >= 4 is 11.9 Å². The Morgan fingerprint density at radius 2 is 2.06 bits per heavy atom. The molecular formula is C12H18O4. The van der Waals surface area contributed by atoms with Gasteiger partial charge in [0.05, 0.1) is 7.11 Å². The van der Waals surface area contributed by atoms with Crippen molar-refractivity contribution in [1.82, 2.24) is 0 Å². The van der Waals surface area contributed by atoms with Crippen LogP contribution in [0.25, 0.3) is 0 Å². The number of esters is 2. The summed E-state index contributed by atoms with van der Waals surface area (Å²) in [5, 5.41) is 0. The maximum Gasteiger partial charge on any atom is 0.331 e. The Kier molecular flexibility index (Phi) is 3.73. The van der Waals surface area contributed by atoms with E-state index < -0.39 is 11.5 Å². The SMILES string of the molecule is CCC1(CC)OC(=O)C=C(C)C1C(=O)OC. The van der Waals surface area contributed by atoms with Crippen LogP contribution in [0.3, 0.4) is 0 Å². The highest BCUT2D eigenvalue weighted by Crippen LogP contribution is 2.38. The summed E-state index contributed by atoms with van der Waals surface area (Å²) in [6, 6.07) is 0. The summed E-state index contributed by atoms with van der Waals surface area (Å²) in [5.74, 6) is -1.20. The molecule has 0 N–H and O–H groups in total. The number of methoxy groups -OCH3 is 1. The number of ether oxygens (including phenoxy) is 2. The van der Waals surface area contributed by atoms with Crippen LogP contribution in [0.2, 0.25) is 0 Å². The van der Waals surface area contributed by atoms with E-state index in [0.29, 0.717) is 18.4 Å². The number of cyclic esters (lactones) is 1. The van der Waals surface area contributed by atoms with Crippen molar-refractivity contribution in [2.24, 2.45) is 5.92 Å². The summed E-state index contributed by atoms with van der Waals surface area (Å²) in [6.45, 7) is 5.58. The van der Waals surface area contributed by atoms with Gasteiger partial charge in [-0.05, 0) is 25.3 Å². The molecule has 16 heavy (non-hydrogen) atoms. The van der Waals surface area contributed by atoms with Crippen molar-refractivity contribution in [3.05, 3.63) is 11.6 Å². The zero-order valence-corrected chi connectivity index (χ0v) is 10.2. The number of carbonyl (C=O) groups is 2. The first-order valence-corrected chi connectivity index (χ1v) is 5.49. The van der Waals surface area contributed by atoms with Crippen molar-refractivity contribution < 1.29 is 19.1 Å². The third-order valence-electron chi connectivity index (χ3n) is 3.26. The summed E-state index contributed by atoms with van der Waals surface area (Å²) in [7, 11) is 1.35. The second kappa shape index (κ2) is 4.68. The highest BCUT2D eigenvalue weighted by atomic mass is 16.6. The fraction of sp³-hybridized carbons (Fsp3) is 0.667. The molecule has 0 amide bonds. The number of hydrogen-bond acceptors (Lipinski definition) is 4. The van der Waals surface area contributed by atoms with Crippen LogP contribution in [0.1, 0.15) is 33.6 Å². The van der Waals surface area contributed by atoms with Crippen LogP contribution in [-0.4, -0.2) is 24.6 Å². The lowest BCUT2D eigenvalue weighted by atomic mass is 9.77. The molecule has 0 radical (unpaired) electrons. The summed E-state index contributed by atoms with van der Waals surface area (Å²) >= 11 is 0. The normalized spacial score (nSPS) is 23.4. The van der Waals surface area contributed by atoms with Gasteiger partial charge in [-0.15, -0.1) is 0 Å². The van der Waals surface area contributed by atoms with Gasteiger partial charge in [0, 0.05) is 6.08 Å². The lowest BCUT2D eigenvalue weighted by molar-refractivity contribution is -0.172. The van der Waals surface area contributed by atoms with E-state index in [2.05, 4.69) is 0 Å². The Hall–Kier alpha value is -1.32. The van der Waals surface area contributed by atoms with Gasteiger partial charge in [-0.2, -0.15) is 0 Å². The second-order valence-corrected chi connectivity index (χ2v) is 4.04. The van der Waals surface area contributed by atoms with Crippen molar-refractivity contribution in [1.29, 1.82) is 0 Å². The quantitative estimate of drug-likeness (QED) is 0.689. The molecule has 1 aliphatic heterocycles. The first-order chi connectivity index (χ1) is 7.50. The molecule has 1 rings (SSSR count). The Bertz CT molecular complexity index is 326. The van der Waals surface area contributed by atoms with Gasteiger partial charge in [0.1, 0.15) is 11.5 Å². The summed E-state index contributed by atoms with van der Waals surface area (Å²) in [6.07, 6.45) is 2.56. The molecule has 1 heterocycles. The van der Waals surface area contributed by atoms with E-state index in [-0.39, 0.29) is 11.9 Å². The van der Waals surface area contributed by atoms with Gasteiger partial charge in [-0.1, -0.05) is 13.8 Å². The molecule has 0 aromatic rings. The molecule has 0 spiro atoms. The number of carbonyl (C=O) groups excluding carboxylic acids is 2. The molecule has 4 heteroatoms. The van der Waals surface area contributed by atoms with Crippen LogP contribution in [0.15, 0.2) is 11.6 Å². The first-order valence-electron chi connectivity index (χ1n) is 5.49. The molecule has 0 aromatic carbocycles. The van der Waals surface area contributed by atoms with Gasteiger partial charge in [0.2, 0.25) is 0 Å². The van der Waals surface area contributed by atoms with Crippen molar-refractivity contribution in [3.63, 3.8) is 0 Å². The van der Waals surface area contributed by atoms with Crippen LogP contribution < -0.4 is 0 Å². The van der Waals surface area contributed by atoms with Crippen LogP contribution in [0.4, 0.5) is 0 Å². The Balaban J connectivity index is 3.19. The highest BCUT2D eigenvalue weighted by Gasteiger charge is 2.47. The topological polar surface area (TPSA) is 52.6 Å². The van der Waals surface area contributed by atoms with Gasteiger partial charge >= 0.3 is 11.9 Å². The highest BCUT2D eigenvalue weighted by molar-refractivity contribution is 5.89. The Labute approximate surface area is 95.6 Å². The molecule has 1 aliphatic rings. The van der Waals surface area contributed by atoms with Gasteiger partial charge < -0.3 is 9.47 Å². The molecule has 0 saturated heterocycles. The zero-order valence-electron chi connectivity index (χ0n) is 10.2. The average molecular weight is 226 g/mol. The fourth-order valence-corrected chi connectivity index (χ4v) is 2.29. The summed E-state index contributed by atoms with van der Waals surface area (Å²) in [5.41, 5.74) is -0.0324. The maximum atomic E-state index is 11.8. The average Bonchev–Trinajstić information content (AvgIpc) is 2.26. The molecule has 90 valence electrons. The molecular weight excluding hydrogens is 208 g/mol. The smallest absolute Gasteiger partial charge is 0.331 e. The van der Waals surface area contributed by atoms with E-state index >= 15 is 0 Å². The molecule has 0 saturated carbocycles. The molecule has 0 aromatic heterocycles. The monoisotopic (exact) mass is 226 g/mol. The van der Waals surface area contributed by atoms with Gasteiger partial charge in [0.15, 0.2) is 0 Å². The van der Waals surface area contributed by atoms with Crippen LogP contribution in [0.5, 0.6) is 0 Å². The number of rotatable bonds is 3. The predicted molar refractivity (Wildman–Crippen MR) is 58.7 cm³/mol. The predicted octanol–water partition coefficient (Wildman–Crippen LogP) is 1.84. The van der Waals surface area contributed by atoms with Crippen LogP contribution >= 0.6 is 0 Å². The van der Waals surface area contributed by atoms with Gasteiger partial charge in [-0.3, -0.25) is 4.79 Å². The molecule has 0 fully saturated rings. The molecule has 0 bridgehead atoms. The second-order valence-electron chi connectivity index (χ2n) is 4.04. The van der Waals surface area contributed by atoms with Crippen molar-refractivity contribution in [2.75, 3.05) is 7.11 Å². The summed E-state index contributed by atoms with van der Waals surface area (Å²) in [4.78, 5) is 23.2. The third-order valence-corrected chi connectivity index (χ3v) is 3.26. The minimum atomic E-state index is -0.747. The standard InChI is InChI=1S/C12H18O4/c1-5-12(6-2)10(11(14)15-4)8(3)7-9(13)16-12/h7,10H,5-6H2,1-4H3. The van der Waals surface area contributed by atoms with Crippen LogP contribution in [0, 0.1) is 5.92 Å². The molecule has 1 unspecified atom stereocenters. The zero-order chi connectivity index (χ0) is 12.3. The van der Waals surface area contributed by atoms with E-state index in [0.717, 1.165) is 0 Å². The minimum Gasteiger partial charge on any atom is -0.468 e. The number of hydrogen-bond donors (Lipinski definition) is 0. The lowest BCUT2D eigenvalue weighted by Gasteiger charge is -2.40. The first kappa shape index (κ1) is 12.7. The van der Waals surface area contributed by atoms with E-state index in [1.807, 2.05) is 13.8 Å². The van der Waals surface area contributed by atoms with E-state index in [9.17, 15) is 9.59 Å². The Morgan fingerprint density at radius 1 is 1.50 bits per heavy atom.